The van der Waals surface area contributed by atoms with Crippen LogP contribution < -0.4 is 15.2 Å². The van der Waals surface area contributed by atoms with E-state index in [2.05, 4.69) is 30.4 Å². The minimum absolute atomic E-state index is 0.00185. The number of alkyl halides is 4. The first-order valence-electron chi connectivity index (χ1n) is 10.7. The first-order valence-corrected chi connectivity index (χ1v) is 12.2. The summed E-state index contributed by atoms with van der Waals surface area (Å²) in [5, 5.41) is 0.0563. The van der Waals surface area contributed by atoms with Crippen LogP contribution in [-0.2, 0) is 10.3 Å². The topological polar surface area (TPSA) is 83.1 Å². The molecule has 6 nitrogen and oxygen atoms in total. The first kappa shape index (κ1) is 29.5. The first-order chi connectivity index (χ1) is 17.9. The molecular weight excluding hydrogens is 619 g/mol. The number of nitrogens with two attached hydrogens (primary N) is 1. The number of hydrogen-bond acceptors (Lipinski definition) is 6. The van der Waals surface area contributed by atoms with Gasteiger partial charge < -0.3 is 19.9 Å². The van der Waals surface area contributed by atoms with Crippen LogP contribution in [0.4, 0.5) is 17.6 Å². The maximum absolute atomic E-state index is 12.4. The maximum Gasteiger partial charge on any atom is 0.387 e. The molecule has 0 spiro atoms. The second kappa shape index (κ2) is 12.7. The van der Waals surface area contributed by atoms with E-state index in [1.165, 1.54) is 37.3 Å². The molecule has 1 heterocycles. The average molecular weight is 638 g/mol. The molecule has 2 N–H and O–H groups in total. The van der Waals surface area contributed by atoms with Crippen molar-refractivity contribution >= 4 is 50.9 Å². The maximum atomic E-state index is 12.4. The number of halogens is 7. The fourth-order valence-corrected chi connectivity index (χ4v) is 4.35. The highest BCUT2D eigenvalue weighted by molar-refractivity contribution is 9.10. The summed E-state index contributed by atoms with van der Waals surface area (Å²) in [6, 6.07) is 16.0. The molecule has 0 saturated heterocycles. The number of benzene rings is 3. The van der Waals surface area contributed by atoms with Crippen molar-refractivity contribution in [3.8, 4) is 11.5 Å². The van der Waals surface area contributed by atoms with E-state index in [9.17, 15) is 22.4 Å². The third-order valence-electron chi connectivity index (χ3n) is 5.21. The highest BCUT2D eigenvalue weighted by atomic mass is 79.9. The quantitative estimate of drug-likeness (QED) is 0.215. The SMILES string of the molecule is CC(=O)c1ccc(OC(F)F)c(Cl)c1.NC1=NC(c2cccc(Br)c2)(c2ccc(OC(F)F)c(Cl)c2)CO1. The van der Waals surface area contributed by atoms with Gasteiger partial charge in [-0.2, -0.15) is 17.6 Å². The second-order valence-electron chi connectivity index (χ2n) is 7.71. The fraction of sp³-hybridized carbons (Fsp3) is 0.200. The Kier molecular flexibility index (Phi) is 9.86. The van der Waals surface area contributed by atoms with Gasteiger partial charge in [0.25, 0.3) is 6.02 Å². The summed E-state index contributed by atoms with van der Waals surface area (Å²) in [5.74, 6) is -0.419. The van der Waals surface area contributed by atoms with Gasteiger partial charge in [-0.1, -0.05) is 57.3 Å². The minimum atomic E-state index is -2.95. The van der Waals surface area contributed by atoms with Gasteiger partial charge in [-0.25, -0.2) is 4.99 Å². The Morgan fingerprint density at radius 2 is 1.55 bits per heavy atom. The Bertz CT molecular complexity index is 1350. The van der Waals surface area contributed by atoms with Crippen molar-refractivity contribution in [1.82, 2.24) is 0 Å². The van der Waals surface area contributed by atoms with Gasteiger partial charge in [0.1, 0.15) is 18.1 Å². The molecule has 0 bridgehead atoms. The Balaban J connectivity index is 0.000000244. The van der Waals surface area contributed by atoms with E-state index < -0.39 is 18.8 Å². The predicted molar refractivity (Wildman–Crippen MR) is 139 cm³/mol. The molecule has 0 aromatic heterocycles. The number of carbonyl (C=O) groups is 1. The molecule has 1 unspecified atom stereocenters. The van der Waals surface area contributed by atoms with Crippen molar-refractivity contribution in [3.05, 3.63) is 91.9 Å². The summed E-state index contributed by atoms with van der Waals surface area (Å²) < 4.78 is 63.1. The molecule has 1 aliphatic heterocycles. The zero-order chi connectivity index (χ0) is 28.0. The molecular formula is C25H19BrCl2F4N2O4. The molecule has 0 fully saturated rings. The van der Waals surface area contributed by atoms with Crippen LogP contribution in [0.25, 0.3) is 0 Å². The molecule has 0 saturated carbocycles. The second-order valence-corrected chi connectivity index (χ2v) is 9.44. The average Bonchev–Trinajstić information content (AvgIpc) is 3.24. The van der Waals surface area contributed by atoms with Crippen molar-refractivity contribution in [3.63, 3.8) is 0 Å². The number of Topliss-reactive ketones (excluding diaryl/α,β-unsaturated/α-hetero) is 1. The van der Waals surface area contributed by atoms with Gasteiger partial charge in [-0.05, 0) is 60.5 Å². The molecule has 1 atom stereocenters. The van der Waals surface area contributed by atoms with E-state index in [1.807, 2.05) is 24.3 Å². The monoisotopic (exact) mass is 636 g/mol. The van der Waals surface area contributed by atoms with Crippen LogP contribution in [-0.4, -0.2) is 31.6 Å². The summed E-state index contributed by atoms with van der Waals surface area (Å²) in [7, 11) is 0. The molecule has 1 aliphatic rings. The highest BCUT2D eigenvalue weighted by Gasteiger charge is 2.40. The van der Waals surface area contributed by atoms with Gasteiger partial charge in [0.05, 0.1) is 10.0 Å². The molecule has 38 heavy (non-hydrogen) atoms. The van der Waals surface area contributed by atoms with Gasteiger partial charge >= 0.3 is 13.2 Å². The number of ether oxygens (including phenoxy) is 3. The number of amidine groups is 1. The lowest BCUT2D eigenvalue weighted by Gasteiger charge is -2.26. The normalized spacial score (nSPS) is 16.4. The zero-order valence-corrected chi connectivity index (χ0v) is 22.5. The number of rotatable bonds is 7. The number of nitrogens with zero attached hydrogens (tertiary/aromatic N) is 1. The van der Waals surface area contributed by atoms with E-state index in [-0.39, 0.29) is 40.0 Å². The van der Waals surface area contributed by atoms with Crippen LogP contribution >= 0.6 is 39.1 Å². The van der Waals surface area contributed by atoms with Crippen LogP contribution in [0.3, 0.4) is 0 Å². The molecule has 0 amide bonds. The lowest BCUT2D eigenvalue weighted by molar-refractivity contribution is -0.0504. The zero-order valence-electron chi connectivity index (χ0n) is 19.4. The summed E-state index contributed by atoms with van der Waals surface area (Å²) in [6.07, 6.45) is 0. The fourth-order valence-electron chi connectivity index (χ4n) is 3.50. The highest BCUT2D eigenvalue weighted by Crippen LogP contribution is 2.41. The predicted octanol–water partition coefficient (Wildman–Crippen LogP) is 7.44. The Hall–Kier alpha value is -3.02. The number of ketones is 1. The van der Waals surface area contributed by atoms with Crippen LogP contribution in [0.1, 0.15) is 28.4 Å². The largest absolute Gasteiger partial charge is 0.462 e. The van der Waals surface area contributed by atoms with Gasteiger partial charge in [0, 0.05) is 10.0 Å². The smallest absolute Gasteiger partial charge is 0.387 e. The van der Waals surface area contributed by atoms with Crippen molar-refractivity contribution in [1.29, 1.82) is 0 Å². The molecule has 4 rings (SSSR count). The van der Waals surface area contributed by atoms with Crippen LogP contribution in [0, 0.1) is 0 Å². The van der Waals surface area contributed by atoms with Gasteiger partial charge in [0.2, 0.25) is 0 Å². The van der Waals surface area contributed by atoms with Gasteiger partial charge in [-0.3, -0.25) is 4.79 Å². The Morgan fingerprint density at radius 1 is 0.974 bits per heavy atom. The lowest BCUT2D eigenvalue weighted by Crippen LogP contribution is -2.27. The summed E-state index contributed by atoms with van der Waals surface area (Å²) in [4.78, 5) is 15.3. The molecule has 0 aliphatic carbocycles. The molecule has 202 valence electrons. The molecule has 0 radical (unpaired) electrons. The van der Waals surface area contributed by atoms with Crippen LogP contribution in [0.15, 0.2) is 70.1 Å². The summed E-state index contributed by atoms with van der Waals surface area (Å²) in [6.45, 7) is -4.33. The standard InChI is InChI=1S/C16H12BrClF2N2O2.C9H7ClF2O2/c17-11-3-1-2-9(6-11)16(8-23-15(21)22-16)10-4-5-13(12(18)7-10)24-14(19)20;1-5(13)6-2-3-8(7(10)4-6)14-9(11)12/h1-7,14H,8H2,(H2,21,22);2-4,9H,1H3. The lowest BCUT2D eigenvalue weighted by atomic mass is 9.84. The van der Waals surface area contributed by atoms with Crippen molar-refractivity contribution in [2.24, 2.45) is 10.7 Å². The van der Waals surface area contributed by atoms with E-state index >= 15 is 0 Å². The van der Waals surface area contributed by atoms with Gasteiger partial charge in [0.15, 0.2) is 11.3 Å². The van der Waals surface area contributed by atoms with Crippen molar-refractivity contribution < 1.29 is 36.6 Å². The van der Waals surface area contributed by atoms with E-state index in [1.54, 1.807) is 6.07 Å². The Labute approximate surface area is 233 Å². The van der Waals surface area contributed by atoms with Crippen LogP contribution in [0.5, 0.6) is 11.5 Å². The minimum Gasteiger partial charge on any atom is -0.462 e. The number of hydrogen-bond donors (Lipinski definition) is 1. The van der Waals surface area contributed by atoms with Crippen molar-refractivity contribution in [2.75, 3.05) is 6.61 Å². The molecule has 13 heteroatoms. The molecule has 3 aromatic carbocycles. The molecule has 3 aromatic rings. The third-order valence-corrected chi connectivity index (χ3v) is 6.30. The number of carbonyl (C=O) groups excluding carboxylic acids is 1. The van der Waals surface area contributed by atoms with E-state index in [0.29, 0.717) is 11.1 Å². The van der Waals surface area contributed by atoms with E-state index in [0.717, 1.165) is 10.0 Å². The van der Waals surface area contributed by atoms with Crippen molar-refractivity contribution in [2.45, 2.75) is 25.7 Å². The van der Waals surface area contributed by atoms with E-state index in [4.69, 9.17) is 33.7 Å². The van der Waals surface area contributed by atoms with Gasteiger partial charge in [-0.15, -0.1) is 0 Å². The summed E-state index contributed by atoms with van der Waals surface area (Å²) >= 11 is 15.1. The third kappa shape index (κ3) is 7.30. The summed E-state index contributed by atoms with van der Waals surface area (Å²) in [5.41, 5.74) is 6.66. The number of aliphatic imine (C=N–C) groups is 1. The van der Waals surface area contributed by atoms with Crippen LogP contribution in [0.2, 0.25) is 10.0 Å². The Morgan fingerprint density at radius 3 is 2.03 bits per heavy atom.